The number of nitrogens with zero attached hydrogens (tertiary/aromatic N) is 3. The highest BCUT2D eigenvalue weighted by Crippen LogP contribution is 2.09. The molecule has 0 radical (unpaired) electrons. The van der Waals surface area contributed by atoms with Crippen molar-refractivity contribution in [2.45, 2.75) is 19.4 Å². The molecule has 2 heterocycles. The molecule has 0 spiro atoms. The summed E-state index contributed by atoms with van der Waals surface area (Å²) in [5, 5.41) is 3.22. The molecule has 20 heavy (non-hydrogen) atoms. The molecule has 0 saturated carbocycles. The van der Waals surface area contributed by atoms with Crippen LogP contribution in [0.15, 0.2) is 12.4 Å². The second kappa shape index (κ2) is 7.16. The highest BCUT2D eigenvalue weighted by molar-refractivity contribution is 5.90. The van der Waals surface area contributed by atoms with Gasteiger partial charge in [-0.3, -0.25) is 14.7 Å². The predicted octanol–water partition coefficient (Wildman–Crippen LogP) is 0.0982. The molecule has 2 rings (SSSR count). The molecule has 7 nitrogen and oxygen atoms in total. The molecular weight excluding hydrogens is 258 g/mol. The number of carbonyl (C=O) groups is 1. The summed E-state index contributed by atoms with van der Waals surface area (Å²) in [6.07, 6.45) is 4.00. The largest absolute Gasteiger partial charge is 0.379 e. The number of anilines is 1. The minimum absolute atomic E-state index is 0.175. The van der Waals surface area contributed by atoms with E-state index in [1.807, 2.05) is 0 Å². The van der Waals surface area contributed by atoms with Crippen LogP contribution in [0.4, 0.5) is 5.82 Å². The van der Waals surface area contributed by atoms with E-state index in [4.69, 9.17) is 10.5 Å². The van der Waals surface area contributed by atoms with Gasteiger partial charge in [0.25, 0.3) is 5.91 Å². The summed E-state index contributed by atoms with van der Waals surface area (Å²) in [6, 6.07) is 0.415. The van der Waals surface area contributed by atoms with Crippen molar-refractivity contribution >= 4 is 11.7 Å². The van der Waals surface area contributed by atoms with E-state index in [1.165, 1.54) is 6.20 Å². The first-order chi connectivity index (χ1) is 9.70. The van der Waals surface area contributed by atoms with Gasteiger partial charge in [0.1, 0.15) is 11.5 Å². The number of rotatable bonds is 6. The van der Waals surface area contributed by atoms with Crippen molar-refractivity contribution in [2.75, 3.05) is 38.2 Å². The number of primary amides is 1. The Labute approximate surface area is 118 Å². The first-order valence-electron chi connectivity index (χ1n) is 6.88. The van der Waals surface area contributed by atoms with E-state index in [9.17, 15) is 4.79 Å². The zero-order valence-electron chi connectivity index (χ0n) is 11.7. The normalized spacial score (nSPS) is 17.6. The third kappa shape index (κ3) is 3.88. The van der Waals surface area contributed by atoms with Crippen molar-refractivity contribution in [1.29, 1.82) is 0 Å². The Kier molecular flexibility index (Phi) is 5.25. The van der Waals surface area contributed by atoms with Crippen LogP contribution in [-0.4, -0.2) is 59.7 Å². The van der Waals surface area contributed by atoms with Crippen molar-refractivity contribution < 1.29 is 9.53 Å². The average molecular weight is 279 g/mol. The summed E-state index contributed by atoms with van der Waals surface area (Å²) in [4.78, 5) is 21.6. The number of amides is 1. The highest BCUT2D eigenvalue weighted by Gasteiger charge is 2.19. The molecule has 1 saturated heterocycles. The average Bonchev–Trinajstić information content (AvgIpc) is 2.49. The molecule has 0 aromatic carbocycles. The smallest absolute Gasteiger partial charge is 0.268 e. The van der Waals surface area contributed by atoms with Gasteiger partial charge < -0.3 is 15.8 Å². The first-order valence-corrected chi connectivity index (χ1v) is 6.88. The molecule has 1 aromatic heterocycles. The van der Waals surface area contributed by atoms with Crippen LogP contribution in [0, 0.1) is 0 Å². The molecule has 1 aliphatic heterocycles. The van der Waals surface area contributed by atoms with Crippen molar-refractivity contribution in [3.05, 3.63) is 18.1 Å². The van der Waals surface area contributed by atoms with Crippen LogP contribution in [-0.2, 0) is 4.74 Å². The van der Waals surface area contributed by atoms with Crippen LogP contribution in [0.3, 0.4) is 0 Å². The Morgan fingerprint density at radius 3 is 2.90 bits per heavy atom. The van der Waals surface area contributed by atoms with Gasteiger partial charge in [0.15, 0.2) is 0 Å². The van der Waals surface area contributed by atoms with Crippen LogP contribution >= 0.6 is 0 Å². The maximum Gasteiger partial charge on any atom is 0.268 e. The molecule has 1 atom stereocenters. The van der Waals surface area contributed by atoms with Crippen molar-refractivity contribution in [3.8, 4) is 0 Å². The van der Waals surface area contributed by atoms with Gasteiger partial charge in [0.05, 0.1) is 25.6 Å². The Morgan fingerprint density at radius 2 is 2.25 bits per heavy atom. The molecule has 3 N–H and O–H groups in total. The lowest BCUT2D eigenvalue weighted by atomic mass is 10.1. The standard InChI is InChI=1S/C13H21N5O2/c1-2-10(18-3-5-20-6-4-18)7-16-12-9-15-8-11(17-12)13(14)19/h8-10H,2-7H2,1H3,(H2,14,19)(H,16,17)/t10-/m0/s1. The van der Waals surface area contributed by atoms with Crippen LogP contribution in [0.25, 0.3) is 0 Å². The SMILES string of the molecule is CC[C@@H](CNc1cncc(C(N)=O)n1)N1CCOCC1. The second-order valence-electron chi connectivity index (χ2n) is 4.75. The van der Waals surface area contributed by atoms with E-state index in [1.54, 1.807) is 6.20 Å². The van der Waals surface area contributed by atoms with E-state index < -0.39 is 5.91 Å². The fourth-order valence-electron chi connectivity index (χ4n) is 2.27. The molecular formula is C13H21N5O2. The Balaban J connectivity index is 1.92. The molecule has 1 aromatic rings. The third-order valence-corrected chi connectivity index (χ3v) is 3.44. The quantitative estimate of drug-likeness (QED) is 0.767. The number of nitrogens with one attached hydrogen (secondary N) is 1. The highest BCUT2D eigenvalue weighted by atomic mass is 16.5. The summed E-state index contributed by atoms with van der Waals surface area (Å²) in [5.41, 5.74) is 5.37. The molecule has 1 aliphatic rings. The zero-order valence-corrected chi connectivity index (χ0v) is 11.7. The zero-order chi connectivity index (χ0) is 14.4. The van der Waals surface area contributed by atoms with Crippen LogP contribution in [0.2, 0.25) is 0 Å². The van der Waals surface area contributed by atoms with Crippen molar-refractivity contribution in [3.63, 3.8) is 0 Å². The number of aromatic nitrogens is 2. The fourth-order valence-corrected chi connectivity index (χ4v) is 2.27. The monoisotopic (exact) mass is 279 g/mol. The Morgan fingerprint density at radius 1 is 1.50 bits per heavy atom. The maximum atomic E-state index is 11.1. The van der Waals surface area contributed by atoms with E-state index in [-0.39, 0.29) is 5.69 Å². The van der Waals surface area contributed by atoms with E-state index >= 15 is 0 Å². The Bertz CT molecular complexity index is 448. The number of nitrogens with two attached hydrogens (primary N) is 1. The number of hydrogen-bond donors (Lipinski definition) is 2. The summed E-state index contributed by atoms with van der Waals surface area (Å²) in [6.45, 7) is 6.39. The predicted molar refractivity (Wildman–Crippen MR) is 75.5 cm³/mol. The van der Waals surface area contributed by atoms with Crippen molar-refractivity contribution in [2.24, 2.45) is 5.73 Å². The lowest BCUT2D eigenvalue weighted by Crippen LogP contribution is -2.46. The first kappa shape index (κ1) is 14.7. The van der Waals surface area contributed by atoms with Crippen LogP contribution in [0.1, 0.15) is 23.8 Å². The number of carbonyl (C=O) groups excluding carboxylic acids is 1. The maximum absolute atomic E-state index is 11.1. The topological polar surface area (TPSA) is 93.4 Å². The van der Waals surface area contributed by atoms with Gasteiger partial charge in [-0.25, -0.2) is 4.98 Å². The minimum atomic E-state index is -0.568. The lowest BCUT2D eigenvalue weighted by Gasteiger charge is -2.34. The second-order valence-corrected chi connectivity index (χ2v) is 4.75. The molecule has 1 fully saturated rings. The Hall–Kier alpha value is -1.73. The van der Waals surface area contributed by atoms with Gasteiger partial charge in [-0.1, -0.05) is 6.92 Å². The fraction of sp³-hybridized carbons (Fsp3) is 0.615. The number of morpholine rings is 1. The molecule has 7 heteroatoms. The summed E-state index contributed by atoms with van der Waals surface area (Å²) in [5.74, 6) is 0.00869. The van der Waals surface area contributed by atoms with E-state index in [0.717, 1.165) is 39.3 Å². The molecule has 0 bridgehead atoms. The van der Waals surface area contributed by atoms with Gasteiger partial charge in [0, 0.05) is 25.7 Å². The van der Waals surface area contributed by atoms with E-state index in [0.29, 0.717) is 11.9 Å². The molecule has 110 valence electrons. The number of hydrogen-bond acceptors (Lipinski definition) is 6. The van der Waals surface area contributed by atoms with Crippen LogP contribution in [0.5, 0.6) is 0 Å². The third-order valence-electron chi connectivity index (χ3n) is 3.44. The minimum Gasteiger partial charge on any atom is -0.379 e. The summed E-state index contributed by atoms with van der Waals surface area (Å²) < 4.78 is 5.36. The van der Waals surface area contributed by atoms with Crippen molar-refractivity contribution in [1.82, 2.24) is 14.9 Å². The van der Waals surface area contributed by atoms with Gasteiger partial charge >= 0.3 is 0 Å². The van der Waals surface area contributed by atoms with E-state index in [2.05, 4.69) is 27.1 Å². The number of ether oxygens (including phenoxy) is 1. The lowest BCUT2D eigenvalue weighted by molar-refractivity contribution is 0.0184. The van der Waals surface area contributed by atoms with Gasteiger partial charge in [-0.2, -0.15) is 0 Å². The molecule has 0 aliphatic carbocycles. The van der Waals surface area contributed by atoms with Gasteiger partial charge in [-0.05, 0) is 6.42 Å². The van der Waals surface area contributed by atoms with Gasteiger partial charge in [-0.15, -0.1) is 0 Å². The van der Waals surface area contributed by atoms with Gasteiger partial charge in [0.2, 0.25) is 0 Å². The molecule has 1 amide bonds. The van der Waals surface area contributed by atoms with Crippen LogP contribution < -0.4 is 11.1 Å². The summed E-state index contributed by atoms with van der Waals surface area (Å²) >= 11 is 0. The molecule has 0 unspecified atom stereocenters. The summed E-state index contributed by atoms with van der Waals surface area (Å²) in [7, 11) is 0.